The maximum atomic E-state index is 13.1. The highest BCUT2D eigenvalue weighted by atomic mass is 19.1. The first-order valence-corrected chi connectivity index (χ1v) is 9.99. The van der Waals surface area contributed by atoms with E-state index in [4.69, 9.17) is 4.74 Å². The van der Waals surface area contributed by atoms with Crippen molar-refractivity contribution >= 4 is 11.9 Å². The predicted molar refractivity (Wildman–Crippen MR) is 111 cm³/mol. The Bertz CT molecular complexity index is 916. The van der Waals surface area contributed by atoms with Gasteiger partial charge in [-0.15, -0.1) is 0 Å². The van der Waals surface area contributed by atoms with Crippen LogP contribution in [0.25, 0.3) is 0 Å². The molecule has 1 amide bonds. The van der Waals surface area contributed by atoms with Crippen molar-refractivity contribution in [2.75, 3.05) is 19.7 Å². The fourth-order valence-corrected chi connectivity index (χ4v) is 3.74. The molecule has 0 aromatic heterocycles. The number of nitrogens with zero attached hydrogens (tertiary/aromatic N) is 2. The topological polar surface area (TPSA) is 70.1 Å². The van der Waals surface area contributed by atoms with Crippen molar-refractivity contribution in [3.8, 4) is 5.75 Å². The zero-order chi connectivity index (χ0) is 21.8. The first kappa shape index (κ1) is 21.8. The van der Waals surface area contributed by atoms with Gasteiger partial charge in [-0.1, -0.05) is 18.2 Å². The minimum absolute atomic E-state index is 0.0193. The molecule has 0 saturated carbocycles. The van der Waals surface area contributed by atoms with Crippen LogP contribution in [0.15, 0.2) is 42.5 Å². The Kier molecular flexibility index (Phi) is 6.72. The second-order valence-electron chi connectivity index (χ2n) is 7.89. The molecule has 0 unspecified atom stereocenters. The van der Waals surface area contributed by atoms with Crippen molar-refractivity contribution in [1.29, 1.82) is 0 Å². The van der Waals surface area contributed by atoms with E-state index in [0.29, 0.717) is 19.6 Å². The summed E-state index contributed by atoms with van der Waals surface area (Å²) < 4.78 is 18.7. The standard InChI is InChI=1S/C23H27FN2O4/c1-15-4-9-20(23(28)29)21(10-15)30-14-22(27)26-12-16(2)25(11-17(26)3)13-18-5-7-19(24)8-6-18/h4-10,16-17H,11-14H2,1-3H3,(H,28,29)/t16-,17+/m0/s1. The average molecular weight is 414 g/mol. The zero-order valence-electron chi connectivity index (χ0n) is 17.5. The number of benzene rings is 2. The summed E-state index contributed by atoms with van der Waals surface area (Å²) in [6, 6.07) is 11.4. The Balaban J connectivity index is 1.61. The predicted octanol–water partition coefficient (Wildman–Crippen LogP) is 3.33. The van der Waals surface area contributed by atoms with Gasteiger partial charge in [0.1, 0.15) is 17.1 Å². The van der Waals surface area contributed by atoms with E-state index in [-0.39, 0.29) is 41.7 Å². The van der Waals surface area contributed by atoms with E-state index in [0.717, 1.165) is 11.1 Å². The summed E-state index contributed by atoms with van der Waals surface area (Å²) in [5.74, 6) is -1.32. The number of carbonyl (C=O) groups is 2. The van der Waals surface area contributed by atoms with Crippen LogP contribution >= 0.6 is 0 Å². The van der Waals surface area contributed by atoms with E-state index >= 15 is 0 Å². The van der Waals surface area contributed by atoms with Crippen LogP contribution in [0.1, 0.15) is 35.3 Å². The average Bonchev–Trinajstić information content (AvgIpc) is 2.70. The van der Waals surface area contributed by atoms with Gasteiger partial charge in [-0.2, -0.15) is 0 Å². The van der Waals surface area contributed by atoms with Crippen LogP contribution in [-0.2, 0) is 11.3 Å². The summed E-state index contributed by atoms with van der Waals surface area (Å²) in [7, 11) is 0. The zero-order valence-corrected chi connectivity index (χ0v) is 17.5. The maximum absolute atomic E-state index is 13.1. The van der Waals surface area contributed by atoms with E-state index in [2.05, 4.69) is 11.8 Å². The summed E-state index contributed by atoms with van der Waals surface area (Å²) in [5.41, 5.74) is 1.93. The third kappa shape index (κ3) is 5.16. The molecule has 0 aliphatic carbocycles. The van der Waals surface area contributed by atoms with E-state index < -0.39 is 5.97 Å². The van der Waals surface area contributed by atoms with Gasteiger partial charge in [0.15, 0.2) is 6.61 Å². The fourth-order valence-electron chi connectivity index (χ4n) is 3.74. The number of carboxylic acids is 1. The molecule has 6 nitrogen and oxygen atoms in total. The van der Waals surface area contributed by atoms with Crippen LogP contribution < -0.4 is 4.74 Å². The molecule has 2 atom stereocenters. The second kappa shape index (κ2) is 9.26. The van der Waals surface area contributed by atoms with Crippen molar-refractivity contribution < 1.29 is 23.8 Å². The molecule has 1 saturated heterocycles. The molecule has 0 bridgehead atoms. The van der Waals surface area contributed by atoms with Crippen LogP contribution in [0.2, 0.25) is 0 Å². The molecule has 1 aliphatic rings. The summed E-state index contributed by atoms with van der Waals surface area (Å²) in [6.07, 6.45) is 0. The van der Waals surface area contributed by atoms with Gasteiger partial charge in [-0.25, -0.2) is 9.18 Å². The molecule has 7 heteroatoms. The van der Waals surface area contributed by atoms with Gasteiger partial charge in [-0.3, -0.25) is 9.69 Å². The van der Waals surface area contributed by atoms with Crippen LogP contribution in [-0.4, -0.2) is 58.6 Å². The van der Waals surface area contributed by atoms with Gasteiger partial charge in [-0.05, 0) is 56.2 Å². The van der Waals surface area contributed by atoms with Gasteiger partial charge >= 0.3 is 5.97 Å². The number of halogens is 1. The molecule has 1 fully saturated rings. The lowest BCUT2D eigenvalue weighted by Crippen LogP contribution is -2.58. The molecule has 1 heterocycles. The lowest BCUT2D eigenvalue weighted by Gasteiger charge is -2.44. The minimum atomic E-state index is -1.09. The Morgan fingerprint density at radius 1 is 1.10 bits per heavy atom. The SMILES string of the molecule is Cc1ccc(C(=O)O)c(OCC(=O)N2C[C@H](C)N(Cc3ccc(F)cc3)C[C@H]2C)c1. The first-order valence-electron chi connectivity index (χ1n) is 9.99. The Labute approximate surface area is 175 Å². The van der Waals surface area contributed by atoms with Crippen LogP contribution in [0.5, 0.6) is 5.75 Å². The van der Waals surface area contributed by atoms with Gasteiger partial charge in [0.2, 0.25) is 0 Å². The number of aromatic carboxylic acids is 1. The molecule has 2 aromatic carbocycles. The number of hydrogen-bond acceptors (Lipinski definition) is 4. The molecular weight excluding hydrogens is 387 g/mol. The number of ether oxygens (including phenoxy) is 1. The Morgan fingerprint density at radius 2 is 1.80 bits per heavy atom. The van der Waals surface area contributed by atoms with E-state index in [1.54, 1.807) is 29.2 Å². The van der Waals surface area contributed by atoms with Crippen molar-refractivity contribution in [3.63, 3.8) is 0 Å². The number of aryl methyl sites for hydroxylation is 1. The molecule has 30 heavy (non-hydrogen) atoms. The van der Waals surface area contributed by atoms with Gasteiger partial charge in [0, 0.05) is 31.7 Å². The highest BCUT2D eigenvalue weighted by molar-refractivity contribution is 5.91. The number of rotatable bonds is 6. The number of carboxylic acid groups (broad SMARTS) is 1. The quantitative estimate of drug-likeness (QED) is 0.785. The molecule has 160 valence electrons. The number of carbonyl (C=O) groups excluding carboxylic acids is 1. The molecule has 0 spiro atoms. The van der Waals surface area contributed by atoms with Crippen molar-refractivity contribution in [1.82, 2.24) is 9.80 Å². The van der Waals surface area contributed by atoms with Gasteiger partial charge in [0.25, 0.3) is 5.91 Å². The lowest BCUT2D eigenvalue weighted by atomic mass is 10.1. The molecular formula is C23H27FN2O4. The Hall–Kier alpha value is -2.93. The number of amides is 1. The van der Waals surface area contributed by atoms with Crippen molar-refractivity contribution in [3.05, 3.63) is 65.0 Å². The first-order chi connectivity index (χ1) is 14.2. The van der Waals surface area contributed by atoms with Gasteiger partial charge in [0.05, 0.1) is 0 Å². The normalized spacial score (nSPS) is 19.5. The summed E-state index contributed by atoms with van der Waals surface area (Å²) in [5, 5.41) is 9.31. The van der Waals surface area contributed by atoms with Gasteiger partial charge < -0.3 is 14.7 Å². The fraction of sp³-hybridized carbons (Fsp3) is 0.391. The minimum Gasteiger partial charge on any atom is -0.483 e. The molecule has 0 radical (unpaired) electrons. The van der Waals surface area contributed by atoms with Crippen molar-refractivity contribution in [2.24, 2.45) is 0 Å². The molecule has 1 N–H and O–H groups in total. The third-order valence-electron chi connectivity index (χ3n) is 5.45. The third-order valence-corrected chi connectivity index (χ3v) is 5.45. The maximum Gasteiger partial charge on any atom is 0.339 e. The van der Waals surface area contributed by atoms with E-state index in [1.807, 2.05) is 13.8 Å². The number of piperazine rings is 1. The monoisotopic (exact) mass is 414 g/mol. The largest absolute Gasteiger partial charge is 0.483 e. The van der Waals surface area contributed by atoms with Crippen molar-refractivity contribution in [2.45, 2.75) is 39.4 Å². The smallest absolute Gasteiger partial charge is 0.339 e. The summed E-state index contributed by atoms with van der Waals surface area (Å²) in [4.78, 5) is 28.2. The van der Waals surface area contributed by atoms with E-state index in [1.165, 1.54) is 18.2 Å². The number of hydrogen-bond donors (Lipinski definition) is 1. The van der Waals surface area contributed by atoms with Crippen LogP contribution in [0.3, 0.4) is 0 Å². The summed E-state index contributed by atoms with van der Waals surface area (Å²) >= 11 is 0. The molecule has 2 aromatic rings. The highest BCUT2D eigenvalue weighted by Crippen LogP contribution is 2.22. The van der Waals surface area contributed by atoms with Crippen LogP contribution in [0, 0.1) is 12.7 Å². The van der Waals surface area contributed by atoms with Crippen LogP contribution in [0.4, 0.5) is 4.39 Å². The summed E-state index contributed by atoms with van der Waals surface area (Å²) in [6.45, 7) is 7.59. The highest BCUT2D eigenvalue weighted by Gasteiger charge is 2.32. The second-order valence-corrected chi connectivity index (χ2v) is 7.89. The molecule has 1 aliphatic heterocycles. The Morgan fingerprint density at radius 3 is 2.47 bits per heavy atom. The van der Waals surface area contributed by atoms with E-state index in [9.17, 15) is 19.1 Å². The lowest BCUT2D eigenvalue weighted by molar-refractivity contribution is -0.139. The molecule has 3 rings (SSSR count).